The van der Waals surface area contributed by atoms with E-state index in [2.05, 4.69) is 15.1 Å². The summed E-state index contributed by atoms with van der Waals surface area (Å²) in [6.07, 6.45) is 2.96. The van der Waals surface area contributed by atoms with E-state index in [1.807, 2.05) is 4.90 Å². The molecule has 1 saturated heterocycles. The van der Waals surface area contributed by atoms with E-state index in [1.54, 1.807) is 0 Å². The minimum Gasteiger partial charge on any atom is -0.444 e. The van der Waals surface area contributed by atoms with Crippen molar-refractivity contribution in [2.45, 2.75) is 55.2 Å². The van der Waals surface area contributed by atoms with Crippen LogP contribution in [0.1, 0.15) is 32.1 Å². The highest BCUT2D eigenvalue weighted by atomic mass is 35.5. The number of anilines is 1. The van der Waals surface area contributed by atoms with Gasteiger partial charge in [-0.15, -0.1) is 0 Å². The summed E-state index contributed by atoms with van der Waals surface area (Å²) in [6.45, 7) is 0.920. The van der Waals surface area contributed by atoms with E-state index in [0.29, 0.717) is 56.9 Å². The van der Waals surface area contributed by atoms with Gasteiger partial charge >= 0.3 is 6.09 Å². The Morgan fingerprint density at radius 2 is 1.86 bits per heavy atom. The third-order valence-electron chi connectivity index (χ3n) is 6.37. The number of amides is 1. The van der Waals surface area contributed by atoms with Crippen LogP contribution in [0.2, 0.25) is 5.02 Å². The fourth-order valence-corrected chi connectivity index (χ4v) is 6.10. The second kappa shape index (κ2) is 10.7. The first-order valence-electron chi connectivity index (χ1n) is 11.4. The van der Waals surface area contributed by atoms with Crippen LogP contribution < -0.4 is 20.5 Å². The van der Waals surface area contributed by atoms with E-state index in [9.17, 15) is 26.8 Å². The normalized spacial score (nSPS) is 22.4. The lowest BCUT2D eigenvalue weighted by Gasteiger charge is -2.29. The monoisotopic (exact) mass is 545 g/mol. The summed E-state index contributed by atoms with van der Waals surface area (Å²) in [5.74, 6) is -2.01. The number of ether oxygens (including phenoxy) is 1. The highest BCUT2D eigenvalue weighted by Crippen LogP contribution is 2.26. The molecule has 36 heavy (non-hydrogen) atoms. The predicted molar refractivity (Wildman–Crippen MR) is 127 cm³/mol. The topological polar surface area (TPSA) is 123 Å². The minimum absolute atomic E-state index is 0.0622. The fraction of sp³-hybridized carbons (Fsp3) is 0.500. The van der Waals surface area contributed by atoms with Crippen LogP contribution in [0.3, 0.4) is 0 Å². The number of hydrogen-bond donors (Lipinski definition) is 2. The molecule has 1 saturated carbocycles. The van der Waals surface area contributed by atoms with Crippen molar-refractivity contribution >= 4 is 33.4 Å². The molecule has 2 aliphatic rings. The maximum absolute atomic E-state index is 13.9. The molecule has 0 spiro atoms. The maximum Gasteiger partial charge on any atom is 0.407 e. The molecule has 0 radical (unpaired) electrons. The lowest BCUT2D eigenvalue weighted by atomic mass is 9.92. The fourth-order valence-electron chi connectivity index (χ4n) is 4.45. The lowest BCUT2D eigenvalue weighted by Crippen LogP contribution is -2.44. The molecule has 2 aromatic rings. The molecule has 10 nitrogen and oxygen atoms in total. The molecule has 4 rings (SSSR count). The van der Waals surface area contributed by atoms with Crippen molar-refractivity contribution in [2.75, 3.05) is 18.0 Å². The smallest absolute Gasteiger partial charge is 0.407 e. The number of benzene rings is 1. The standard InChI is InChI=1S/C22H26ClF2N5O5S/c1-29-21(31)20(23)18(11-26-29)30-9-8-16(12-30)35-22(32)27-14-3-5-15(6-4-14)28-36(33,34)19-7-2-13(24)10-17(19)25/h2,7,10-11,14-16,28H,3-6,8-9,12H2,1H3,(H,27,32)/t14-,15-,16-/m1/s1. The largest absolute Gasteiger partial charge is 0.444 e. The van der Waals surface area contributed by atoms with Gasteiger partial charge in [0.05, 0.1) is 18.4 Å². The Labute approximate surface area is 211 Å². The van der Waals surface area contributed by atoms with Crippen molar-refractivity contribution in [2.24, 2.45) is 7.05 Å². The van der Waals surface area contributed by atoms with Crippen LogP contribution in [0.4, 0.5) is 19.3 Å². The molecule has 0 unspecified atom stereocenters. The predicted octanol–water partition coefficient (Wildman–Crippen LogP) is 2.31. The van der Waals surface area contributed by atoms with Gasteiger partial charge < -0.3 is 15.0 Å². The summed E-state index contributed by atoms with van der Waals surface area (Å²) in [6, 6.07) is 1.67. The van der Waals surface area contributed by atoms with E-state index in [4.69, 9.17) is 16.3 Å². The van der Waals surface area contributed by atoms with Crippen molar-refractivity contribution in [3.63, 3.8) is 0 Å². The number of rotatable bonds is 6. The van der Waals surface area contributed by atoms with Crippen LogP contribution in [-0.4, -0.2) is 55.6 Å². The first-order chi connectivity index (χ1) is 17.0. The minimum atomic E-state index is -4.14. The van der Waals surface area contributed by atoms with Crippen LogP contribution in [0, 0.1) is 11.6 Å². The Kier molecular flexibility index (Phi) is 7.81. The summed E-state index contributed by atoms with van der Waals surface area (Å²) in [5, 5.41) is 6.85. The zero-order valence-corrected chi connectivity index (χ0v) is 21.0. The molecule has 1 aliphatic carbocycles. The molecule has 2 heterocycles. The van der Waals surface area contributed by atoms with Crippen molar-refractivity contribution in [3.05, 3.63) is 51.4 Å². The van der Waals surface area contributed by atoms with Crippen LogP contribution in [0.5, 0.6) is 0 Å². The Balaban J connectivity index is 1.23. The van der Waals surface area contributed by atoms with Crippen LogP contribution in [0.25, 0.3) is 0 Å². The van der Waals surface area contributed by atoms with Crippen LogP contribution in [0.15, 0.2) is 34.1 Å². The van der Waals surface area contributed by atoms with Gasteiger partial charge in [0.25, 0.3) is 5.56 Å². The second-order valence-corrected chi connectivity index (χ2v) is 11.0. The van der Waals surface area contributed by atoms with Crippen molar-refractivity contribution in [1.82, 2.24) is 19.8 Å². The van der Waals surface area contributed by atoms with Gasteiger partial charge in [0.2, 0.25) is 10.0 Å². The molecule has 196 valence electrons. The van der Waals surface area contributed by atoms with Gasteiger partial charge in [-0.05, 0) is 37.8 Å². The number of hydrogen-bond acceptors (Lipinski definition) is 7. The van der Waals surface area contributed by atoms with Crippen LogP contribution >= 0.6 is 11.6 Å². The molecule has 0 bridgehead atoms. The number of nitrogens with one attached hydrogen (secondary N) is 2. The molecular weight excluding hydrogens is 520 g/mol. The summed E-state index contributed by atoms with van der Waals surface area (Å²) in [7, 11) is -2.64. The van der Waals surface area contributed by atoms with Crippen molar-refractivity contribution < 1.29 is 26.7 Å². The lowest BCUT2D eigenvalue weighted by molar-refractivity contribution is 0.102. The molecule has 1 aliphatic heterocycles. The third kappa shape index (κ3) is 5.95. The second-order valence-electron chi connectivity index (χ2n) is 8.92. The van der Waals surface area contributed by atoms with Gasteiger partial charge in [0.1, 0.15) is 27.7 Å². The Morgan fingerprint density at radius 3 is 2.56 bits per heavy atom. The van der Waals surface area contributed by atoms with E-state index >= 15 is 0 Å². The SMILES string of the molecule is Cn1ncc(N2CC[C@@H](OC(=O)N[C@H]3CC[C@H](NS(=O)(=O)c4ccc(F)cc4F)CC3)C2)c(Cl)c1=O. The molecule has 2 fully saturated rings. The Morgan fingerprint density at radius 1 is 1.17 bits per heavy atom. The van der Waals surface area contributed by atoms with E-state index in [1.165, 1.54) is 13.2 Å². The average Bonchev–Trinajstić information content (AvgIpc) is 3.26. The first kappa shape index (κ1) is 26.3. The highest BCUT2D eigenvalue weighted by Gasteiger charge is 2.31. The summed E-state index contributed by atoms with van der Waals surface area (Å²) in [5.41, 5.74) is 0.0875. The third-order valence-corrected chi connectivity index (χ3v) is 8.28. The van der Waals surface area contributed by atoms with Gasteiger partial charge in [0.15, 0.2) is 0 Å². The van der Waals surface area contributed by atoms with Gasteiger partial charge in [-0.1, -0.05) is 11.6 Å². The first-order valence-corrected chi connectivity index (χ1v) is 13.3. The Hall–Kier alpha value is -2.77. The quantitative estimate of drug-likeness (QED) is 0.571. The number of halogens is 3. The van der Waals surface area contributed by atoms with Crippen molar-refractivity contribution in [1.29, 1.82) is 0 Å². The Bertz CT molecular complexity index is 1300. The molecule has 1 aromatic carbocycles. The van der Waals surface area contributed by atoms with Gasteiger partial charge in [-0.25, -0.2) is 31.4 Å². The summed E-state index contributed by atoms with van der Waals surface area (Å²) < 4.78 is 61.1. The number of aryl methyl sites for hydroxylation is 1. The summed E-state index contributed by atoms with van der Waals surface area (Å²) >= 11 is 6.15. The average molecular weight is 546 g/mol. The molecule has 2 N–H and O–H groups in total. The molecule has 14 heteroatoms. The number of carbonyl (C=O) groups is 1. The maximum atomic E-state index is 13.9. The van der Waals surface area contributed by atoms with Gasteiger partial charge in [0, 0.05) is 38.2 Å². The van der Waals surface area contributed by atoms with Gasteiger partial charge in [-0.2, -0.15) is 5.10 Å². The molecule has 1 amide bonds. The van der Waals surface area contributed by atoms with E-state index < -0.39 is 44.2 Å². The number of carbonyl (C=O) groups excluding carboxylic acids is 1. The number of aromatic nitrogens is 2. The summed E-state index contributed by atoms with van der Waals surface area (Å²) in [4.78, 5) is 25.7. The number of nitrogens with zero attached hydrogens (tertiary/aromatic N) is 3. The van der Waals surface area contributed by atoms with Gasteiger partial charge in [-0.3, -0.25) is 4.79 Å². The van der Waals surface area contributed by atoms with E-state index in [0.717, 1.165) is 16.8 Å². The number of alkyl carbamates (subject to hydrolysis) is 1. The van der Waals surface area contributed by atoms with Crippen molar-refractivity contribution in [3.8, 4) is 0 Å². The van der Waals surface area contributed by atoms with E-state index in [-0.39, 0.29) is 17.2 Å². The molecule has 1 aromatic heterocycles. The highest BCUT2D eigenvalue weighted by molar-refractivity contribution is 7.89. The van der Waals surface area contributed by atoms with Crippen LogP contribution in [-0.2, 0) is 21.8 Å². The molecule has 1 atom stereocenters. The number of sulfonamides is 1. The zero-order chi connectivity index (χ0) is 26.0. The molecular formula is C22H26ClF2N5O5S. The zero-order valence-electron chi connectivity index (χ0n) is 19.4.